The van der Waals surface area contributed by atoms with E-state index in [1.54, 1.807) is 6.07 Å². The Morgan fingerprint density at radius 3 is 2.33 bits per heavy atom. The van der Waals surface area contributed by atoms with Crippen LogP contribution in [0, 0.1) is 0 Å². The highest BCUT2D eigenvalue weighted by Gasteiger charge is 2.32. The zero-order valence-electron chi connectivity index (χ0n) is 12.3. The second-order valence-corrected chi connectivity index (χ2v) is 4.90. The number of benzene rings is 1. The molecule has 1 amide bonds. The highest BCUT2D eigenvalue weighted by atomic mass is 19.4. The van der Waals surface area contributed by atoms with E-state index in [0.717, 1.165) is 0 Å². The first-order valence-corrected chi connectivity index (χ1v) is 6.43. The van der Waals surface area contributed by atoms with Gasteiger partial charge in [0.2, 0.25) is 5.91 Å². The van der Waals surface area contributed by atoms with Crippen molar-refractivity contribution in [2.75, 3.05) is 27.2 Å². The third-order valence-electron chi connectivity index (χ3n) is 2.82. The molecule has 0 fully saturated rings. The topological polar surface area (TPSA) is 32.8 Å². The van der Waals surface area contributed by atoms with Gasteiger partial charge in [0.05, 0.1) is 0 Å². The lowest BCUT2D eigenvalue weighted by Crippen LogP contribution is -2.35. The summed E-state index contributed by atoms with van der Waals surface area (Å²) in [6.07, 6.45) is -4.75. The molecular formula is C14H19F3N2O2. The molecule has 0 unspecified atom stereocenters. The number of nitrogens with zero attached hydrogens (tertiary/aromatic N) is 2. The zero-order chi connectivity index (χ0) is 16.0. The van der Waals surface area contributed by atoms with Gasteiger partial charge in [-0.3, -0.25) is 4.79 Å². The van der Waals surface area contributed by atoms with E-state index in [9.17, 15) is 18.0 Å². The summed E-state index contributed by atoms with van der Waals surface area (Å²) in [6, 6.07) is 5.84. The Morgan fingerprint density at radius 2 is 1.81 bits per heavy atom. The molecule has 4 nitrogen and oxygen atoms in total. The van der Waals surface area contributed by atoms with Crippen molar-refractivity contribution in [3.8, 4) is 5.75 Å². The Labute approximate surface area is 122 Å². The minimum absolute atomic E-state index is 0.0788. The van der Waals surface area contributed by atoms with E-state index in [0.29, 0.717) is 18.7 Å². The van der Waals surface area contributed by atoms with Gasteiger partial charge in [-0.25, -0.2) is 0 Å². The van der Waals surface area contributed by atoms with Gasteiger partial charge in [0, 0.05) is 32.1 Å². The summed E-state index contributed by atoms with van der Waals surface area (Å²) in [5.74, 6) is -0.472. The Morgan fingerprint density at radius 1 is 1.19 bits per heavy atom. The summed E-state index contributed by atoms with van der Waals surface area (Å²) in [5, 5.41) is 0. The molecule has 1 aromatic rings. The summed E-state index contributed by atoms with van der Waals surface area (Å²) < 4.78 is 41.1. The smallest absolute Gasteiger partial charge is 0.405 e. The predicted molar refractivity (Wildman–Crippen MR) is 72.8 cm³/mol. The van der Waals surface area contributed by atoms with Crippen LogP contribution in [-0.2, 0) is 11.3 Å². The number of hydrogen-bond acceptors (Lipinski definition) is 3. The molecule has 1 rings (SSSR count). The van der Waals surface area contributed by atoms with E-state index in [1.165, 1.54) is 30.0 Å². The number of carbonyl (C=O) groups excluding carboxylic acids is 1. The van der Waals surface area contributed by atoms with Crippen molar-refractivity contribution in [3.63, 3.8) is 0 Å². The first kappa shape index (κ1) is 17.3. The lowest BCUT2D eigenvalue weighted by molar-refractivity contribution is -0.275. The van der Waals surface area contributed by atoms with Crippen molar-refractivity contribution >= 4 is 5.91 Å². The van der Waals surface area contributed by atoms with Gasteiger partial charge in [0.1, 0.15) is 5.75 Å². The number of hydrogen-bond donors (Lipinski definition) is 0. The summed E-state index contributed by atoms with van der Waals surface area (Å²) in [4.78, 5) is 15.0. The van der Waals surface area contributed by atoms with Crippen molar-refractivity contribution in [1.82, 2.24) is 9.80 Å². The van der Waals surface area contributed by atoms with Crippen molar-refractivity contribution in [2.45, 2.75) is 19.8 Å². The van der Waals surface area contributed by atoms with Crippen molar-refractivity contribution < 1.29 is 22.7 Å². The minimum atomic E-state index is -4.75. The van der Waals surface area contributed by atoms with Gasteiger partial charge >= 0.3 is 6.36 Å². The number of ether oxygens (including phenoxy) is 1. The lowest BCUT2D eigenvalue weighted by atomic mass is 10.2. The van der Waals surface area contributed by atoms with Gasteiger partial charge < -0.3 is 14.5 Å². The highest BCUT2D eigenvalue weighted by Crippen LogP contribution is 2.27. The quantitative estimate of drug-likeness (QED) is 0.809. The molecule has 1 aromatic carbocycles. The van der Waals surface area contributed by atoms with Gasteiger partial charge in [-0.05, 0) is 20.2 Å². The van der Waals surface area contributed by atoms with Crippen LogP contribution >= 0.6 is 0 Å². The summed E-state index contributed by atoms with van der Waals surface area (Å²) in [7, 11) is 3.72. The SMILES string of the molecule is CC(=O)N(CCN(C)C)Cc1ccccc1OC(F)(F)F. The molecule has 0 spiro atoms. The molecule has 0 saturated heterocycles. The number of para-hydroxylation sites is 1. The van der Waals surface area contributed by atoms with E-state index in [-0.39, 0.29) is 18.2 Å². The number of halogens is 3. The van der Waals surface area contributed by atoms with Crippen LogP contribution in [0.5, 0.6) is 5.75 Å². The van der Waals surface area contributed by atoms with Crippen molar-refractivity contribution in [2.24, 2.45) is 0 Å². The monoisotopic (exact) mass is 304 g/mol. The average molecular weight is 304 g/mol. The molecule has 0 radical (unpaired) electrons. The second-order valence-electron chi connectivity index (χ2n) is 4.90. The number of rotatable bonds is 6. The molecule has 0 aliphatic rings. The molecule has 0 atom stereocenters. The van der Waals surface area contributed by atoms with E-state index < -0.39 is 6.36 Å². The van der Waals surface area contributed by atoms with Crippen LogP contribution in [0.4, 0.5) is 13.2 Å². The van der Waals surface area contributed by atoms with Crippen LogP contribution in [0.2, 0.25) is 0 Å². The maximum absolute atomic E-state index is 12.4. The molecule has 0 N–H and O–H groups in total. The summed E-state index contributed by atoms with van der Waals surface area (Å²) in [6.45, 7) is 2.53. The highest BCUT2D eigenvalue weighted by molar-refractivity contribution is 5.73. The first-order valence-electron chi connectivity index (χ1n) is 6.43. The number of carbonyl (C=O) groups is 1. The molecule has 0 aliphatic carbocycles. The van der Waals surface area contributed by atoms with Crippen LogP contribution in [0.3, 0.4) is 0 Å². The third kappa shape index (κ3) is 6.48. The molecule has 0 saturated carbocycles. The number of alkyl halides is 3. The van der Waals surface area contributed by atoms with Crippen molar-refractivity contribution in [1.29, 1.82) is 0 Å². The maximum Gasteiger partial charge on any atom is 0.573 e. The van der Waals surface area contributed by atoms with Gasteiger partial charge in [0.25, 0.3) is 0 Å². The summed E-state index contributed by atoms with van der Waals surface area (Å²) >= 11 is 0. The van der Waals surface area contributed by atoms with Gasteiger partial charge in [-0.15, -0.1) is 13.2 Å². The molecule has 0 heterocycles. The molecule has 0 aromatic heterocycles. The van der Waals surface area contributed by atoms with E-state index in [4.69, 9.17) is 0 Å². The number of amides is 1. The average Bonchev–Trinajstić information content (AvgIpc) is 2.33. The second kappa shape index (κ2) is 7.31. The molecule has 118 valence electrons. The molecular weight excluding hydrogens is 285 g/mol. The van der Waals surface area contributed by atoms with Gasteiger partial charge in [0.15, 0.2) is 0 Å². The Balaban J connectivity index is 2.86. The molecule has 0 bridgehead atoms. The zero-order valence-corrected chi connectivity index (χ0v) is 12.3. The maximum atomic E-state index is 12.4. The lowest BCUT2D eigenvalue weighted by Gasteiger charge is -2.24. The Bertz CT molecular complexity index is 476. The van der Waals surface area contributed by atoms with Gasteiger partial charge in [-0.2, -0.15) is 0 Å². The van der Waals surface area contributed by atoms with Crippen molar-refractivity contribution in [3.05, 3.63) is 29.8 Å². The minimum Gasteiger partial charge on any atom is -0.405 e. The van der Waals surface area contributed by atoms with Crippen LogP contribution in [-0.4, -0.2) is 49.3 Å². The standard InChI is InChI=1S/C14H19F3N2O2/c1-11(20)19(9-8-18(2)3)10-12-6-4-5-7-13(12)21-14(15,16)17/h4-7H,8-10H2,1-3H3. The van der Waals surface area contributed by atoms with Crippen LogP contribution in [0.15, 0.2) is 24.3 Å². The van der Waals surface area contributed by atoms with Crippen LogP contribution in [0.1, 0.15) is 12.5 Å². The summed E-state index contributed by atoms with van der Waals surface area (Å²) in [5.41, 5.74) is 0.323. The molecule has 0 aliphatic heterocycles. The molecule has 21 heavy (non-hydrogen) atoms. The van der Waals surface area contributed by atoms with Crippen LogP contribution in [0.25, 0.3) is 0 Å². The fraction of sp³-hybridized carbons (Fsp3) is 0.500. The van der Waals surface area contributed by atoms with E-state index in [1.807, 2.05) is 19.0 Å². The molecule has 7 heteroatoms. The Hall–Kier alpha value is -1.76. The predicted octanol–water partition coefficient (Wildman–Crippen LogP) is 2.50. The normalized spacial score (nSPS) is 11.6. The van der Waals surface area contributed by atoms with Gasteiger partial charge in [-0.1, -0.05) is 18.2 Å². The van der Waals surface area contributed by atoms with E-state index >= 15 is 0 Å². The number of likely N-dealkylation sites (N-methyl/N-ethyl adjacent to an activating group) is 1. The Kier molecular flexibility index (Phi) is 6.02. The third-order valence-corrected chi connectivity index (χ3v) is 2.82. The fourth-order valence-electron chi connectivity index (χ4n) is 1.73. The van der Waals surface area contributed by atoms with Crippen LogP contribution < -0.4 is 4.74 Å². The first-order chi connectivity index (χ1) is 9.69. The fourth-order valence-corrected chi connectivity index (χ4v) is 1.73. The largest absolute Gasteiger partial charge is 0.573 e. The van der Waals surface area contributed by atoms with E-state index in [2.05, 4.69) is 4.74 Å².